The maximum atomic E-state index is 4.75. The second-order valence-corrected chi connectivity index (χ2v) is 7.62. The summed E-state index contributed by atoms with van der Waals surface area (Å²) in [6.07, 6.45) is 0. The van der Waals surface area contributed by atoms with E-state index in [1.54, 1.807) is 11.3 Å². The zero-order valence-corrected chi connectivity index (χ0v) is 14.8. The van der Waals surface area contributed by atoms with E-state index in [4.69, 9.17) is 4.98 Å². The quantitative estimate of drug-likeness (QED) is 0.752. The molecule has 0 saturated carbocycles. The molecule has 0 aliphatic carbocycles. The second-order valence-electron chi connectivity index (χ2n) is 6.67. The van der Waals surface area contributed by atoms with Gasteiger partial charge in [-0.15, -0.1) is 11.3 Å². The summed E-state index contributed by atoms with van der Waals surface area (Å²) in [5.74, 6) is 1.39. The van der Waals surface area contributed by atoms with Crippen molar-refractivity contribution >= 4 is 11.3 Å². The van der Waals surface area contributed by atoms with Crippen molar-refractivity contribution in [2.24, 2.45) is 11.8 Å². The van der Waals surface area contributed by atoms with Crippen molar-refractivity contribution in [3.63, 3.8) is 0 Å². The molecule has 0 atom stereocenters. The Kier molecular flexibility index (Phi) is 7.70. The van der Waals surface area contributed by atoms with Crippen LogP contribution in [0.1, 0.15) is 52.2 Å². The molecule has 0 saturated heterocycles. The van der Waals surface area contributed by atoms with Crippen molar-refractivity contribution < 1.29 is 0 Å². The Bertz CT molecular complexity index is 372. The van der Waals surface area contributed by atoms with Crippen molar-refractivity contribution in [1.82, 2.24) is 15.2 Å². The van der Waals surface area contributed by atoms with Gasteiger partial charge in [-0.25, -0.2) is 4.98 Å². The molecular formula is C16H31N3S. The van der Waals surface area contributed by atoms with E-state index in [1.807, 2.05) is 0 Å². The Labute approximate surface area is 128 Å². The topological polar surface area (TPSA) is 28.2 Å². The summed E-state index contributed by atoms with van der Waals surface area (Å²) < 4.78 is 0. The summed E-state index contributed by atoms with van der Waals surface area (Å²) in [6, 6.07) is 0.571. The monoisotopic (exact) mass is 297 g/mol. The molecule has 4 heteroatoms. The van der Waals surface area contributed by atoms with Crippen LogP contribution in [0, 0.1) is 11.8 Å². The Balaban J connectivity index is 2.48. The highest BCUT2D eigenvalue weighted by Gasteiger charge is 2.13. The molecule has 1 heterocycles. The summed E-state index contributed by atoms with van der Waals surface area (Å²) in [6.45, 7) is 17.6. The first-order valence-electron chi connectivity index (χ1n) is 7.76. The largest absolute Gasteiger partial charge is 0.310 e. The first kappa shape index (κ1) is 17.6. The lowest BCUT2D eigenvalue weighted by atomic mass is 10.1. The predicted molar refractivity (Wildman–Crippen MR) is 89.0 cm³/mol. The highest BCUT2D eigenvalue weighted by Crippen LogP contribution is 2.14. The highest BCUT2D eigenvalue weighted by molar-refractivity contribution is 7.09. The van der Waals surface area contributed by atoms with E-state index in [9.17, 15) is 0 Å². The van der Waals surface area contributed by atoms with Crippen molar-refractivity contribution in [3.8, 4) is 0 Å². The van der Waals surface area contributed by atoms with Gasteiger partial charge in [-0.3, -0.25) is 4.90 Å². The normalized spacial score (nSPS) is 12.3. The van der Waals surface area contributed by atoms with Gasteiger partial charge in [0.2, 0.25) is 0 Å². The van der Waals surface area contributed by atoms with Gasteiger partial charge in [-0.05, 0) is 32.2 Å². The van der Waals surface area contributed by atoms with Gasteiger partial charge in [-0.1, -0.05) is 27.7 Å². The smallest absolute Gasteiger partial charge is 0.107 e. The van der Waals surface area contributed by atoms with E-state index in [1.165, 1.54) is 10.7 Å². The van der Waals surface area contributed by atoms with Gasteiger partial charge in [0.05, 0.1) is 5.69 Å². The zero-order valence-electron chi connectivity index (χ0n) is 13.9. The third-order valence-electron chi connectivity index (χ3n) is 3.12. The molecule has 116 valence electrons. The lowest BCUT2D eigenvalue weighted by Crippen LogP contribution is -2.33. The molecule has 1 N–H and O–H groups in total. The molecule has 0 aromatic carbocycles. The Morgan fingerprint density at radius 1 is 1.15 bits per heavy atom. The van der Waals surface area contributed by atoms with E-state index >= 15 is 0 Å². The lowest BCUT2D eigenvalue weighted by Gasteiger charge is -2.27. The number of hydrogen-bond donors (Lipinski definition) is 1. The number of rotatable bonds is 9. The molecule has 1 aromatic heterocycles. The van der Waals surface area contributed by atoms with Crippen LogP contribution in [-0.2, 0) is 13.1 Å². The summed E-state index contributed by atoms with van der Waals surface area (Å²) >= 11 is 1.77. The fraction of sp³-hybridized carbons (Fsp3) is 0.812. The predicted octanol–water partition coefficient (Wildman–Crippen LogP) is 3.76. The maximum absolute atomic E-state index is 4.75. The molecule has 1 aromatic rings. The van der Waals surface area contributed by atoms with Crippen molar-refractivity contribution in [3.05, 3.63) is 16.1 Å². The van der Waals surface area contributed by atoms with E-state index in [0.717, 1.165) is 26.2 Å². The summed E-state index contributed by atoms with van der Waals surface area (Å²) in [5.41, 5.74) is 1.21. The second kappa shape index (κ2) is 8.75. The Morgan fingerprint density at radius 3 is 2.40 bits per heavy atom. The van der Waals surface area contributed by atoms with Crippen molar-refractivity contribution in [2.75, 3.05) is 13.1 Å². The van der Waals surface area contributed by atoms with Crippen LogP contribution in [0.15, 0.2) is 5.38 Å². The van der Waals surface area contributed by atoms with E-state index in [2.05, 4.69) is 57.1 Å². The molecular weight excluding hydrogens is 266 g/mol. The molecule has 1 rings (SSSR count). The van der Waals surface area contributed by atoms with Gasteiger partial charge in [0.25, 0.3) is 0 Å². The van der Waals surface area contributed by atoms with Crippen LogP contribution in [0.3, 0.4) is 0 Å². The van der Waals surface area contributed by atoms with Crippen LogP contribution < -0.4 is 5.32 Å². The van der Waals surface area contributed by atoms with Crippen LogP contribution in [0.4, 0.5) is 0 Å². The van der Waals surface area contributed by atoms with Gasteiger partial charge in [0.1, 0.15) is 5.01 Å². The fourth-order valence-electron chi connectivity index (χ4n) is 2.11. The number of hydrogen-bond acceptors (Lipinski definition) is 4. The number of aromatic nitrogens is 1. The first-order chi connectivity index (χ1) is 9.38. The van der Waals surface area contributed by atoms with Crippen LogP contribution in [0.25, 0.3) is 0 Å². The number of thiazole rings is 1. The third kappa shape index (κ3) is 6.82. The van der Waals surface area contributed by atoms with Gasteiger partial charge in [-0.2, -0.15) is 0 Å². The molecule has 0 aliphatic heterocycles. The minimum absolute atomic E-state index is 0.571. The SMILES string of the molecule is CC(C)CNCc1nc(CN(CC(C)C)C(C)C)cs1. The number of nitrogens with one attached hydrogen (secondary N) is 1. The van der Waals surface area contributed by atoms with Gasteiger partial charge in [0.15, 0.2) is 0 Å². The average Bonchev–Trinajstić information content (AvgIpc) is 2.74. The first-order valence-corrected chi connectivity index (χ1v) is 8.64. The molecule has 0 fully saturated rings. The average molecular weight is 298 g/mol. The van der Waals surface area contributed by atoms with E-state index in [0.29, 0.717) is 17.9 Å². The van der Waals surface area contributed by atoms with Crippen LogP contribution >= 0.6 is 11.3 Å². The van der Waals surface area contributed by atoms with Gasteiger partial charge >= 0.3 is 0 Å². The van der Waals surface area contributed by atoms with Crippen LogP contribution in [0.2, 0.25) is 0 Å². The van der Waals surface area contributed by atoms with E-state index < -0.39 is 0 Å². The maximum Gasteiger partial charge on any atom is 0.107 e. The summed E-state index contributed by atoms with van der Waals surface area (Å²) in [5, 5.41) is 6.87. The fourth-order valence-corrected chi connectivity index (χ4v) is 2.86. The van der Waals surface area contributed by atoms with E-state index in [-0.39, 0.29) is 0 Å². The summed E-state index contributed by atoms with van der Waals surface area (Å²) in [7, 11) is 0. The molecule has 0 aliphatic rings. The Hall–Kier alpha value is -0.450. The molecule has 0 radical (unpaired) electrons. The third-order valence-corrected chi connectivity index (χ3v) is 4.02. The molecule has 20 heavy (non-hydrogen) atoms. The van der Waals surface area contributed by atoms with Gasteiger partial charge < -0.3 is 5.32 Å². The standard InChI is InChI=1S/C16H31N3S/c1-12(2)7-17-8-16-18-15(11-20-16)10-19(14(5)6)9-13(3)4/h11-14,17H,7-10H2,1-6H3. The molecule has 0 unspecified atom stereocenters. The molecule has 0 spiro atoms. The minimum atomic E-state index is 0.571. The zero-order chi connectivity index (χ0) is 15.1. The van der Waals surface area contributed by atoms with Crippen molar-refractivity contribution in [2.45, 2.75) is 60.7 Å². The molecule has 0 amide bonds. The van der Waals surface area contributed by atoms with Gasteiger partial charge in [0, 0.05) is 31.1 Å². The van der Waals surface area contributed by atoms with Crippen molar-refractivity contribution in [1.29, 1.82) is 0 Å². The highest BCUT2D eigenvalue weighted by atomic mass is 32.1. The molecule has 3 nitrogen and oxygen atoms in total. The Morgan fingerprint density at radius 2 is 1.85 bits per heavy atom. The molecule has 0 bridgehead atoms. The summed E-state index contributed by atoms with van der Waals surface area (Å²) in [4.78, 5) is 7.26. The number of nitrogens with zero attached hydrogens (tertiary/aromatic N) is 2. The van der Waals surface area contributed by atoms with Crippen LogP contribution in [0.5, 0.6) is 0 Å². The minimum Gasteiger partial charge on any atom is -0.310 e. The van der Waals surface area contributed by atoms with Crippen LogP contribution in [-0.4, -0.2) is 29.0 Å². The lowest BCUT2D eigenvalue weighted by molar-refractivity contribution is 0.187.